The number of hydrogen-bond donors (Lipinski definition) is 2. The molecule has 17 heavy (non-hydrogen) atoms. The molecule has 1 aliphatic rings. The second-order valence-electron chi connectivity index (χ2n) is 3.99. The number of aliphatic hydroxyl groups excluding tert-OH is 2. The van der Waals surface area contributed by atoms with Gasteiger partial charge in [0.2, 0.25) is 0 Å². The van der Waals surface area contributed by atoms with Gasteiger partial charge in [0.1, 0.15) is 6.10 Å². The Bertz CT molecular complexity index is 349. The van der Waals surface area contributed by atoms with Gasteiger partial charge in [-0.1, -0.05) is 30.3 Å². The van der Waals surface area contributed by atoms with E-state index in [1.807, 2.05) is 30.3 Å². The predicted molar refractivity (Wildman–Crippen MR) is 69.1 cm³/mol. The molecule has 0 spiro atoms. The summed E-state index contributed by atoms with van der Waals surface area (Å²) >= 11 is 7.72. The van der Waals surface area contributed by atoms with Crippen molar-refractivity contribution in [3.05, 3.63) is 35.9 Å². The Balaban J connectivity index is 1.87. The molecule has 2 N–H and O–H groups in total. The molecule has 0 radical (unpaired) electrons. The van der Waals surface area contributed by atoms with Gasteiger partial charge in [0, 0.05) is 11.0 Å². The van der Waals surface area contributed by atoms with Crippen molar-refractivity contribution in [3.63, 3.8) is 0 Å². The minimum Gasteiger partial charge on any atom is -0.386 e. The van der Waals surface area contributed by atoms with Gasteiger partial charge in [-0.05, 0) is 5.56 Å². The van der Waals surface area contributed by atoms with Gasteiger partial charge in [0.05, 0.1) is 12.0 Å². The topological polar surface area (TPSA) is 49.7 Å². The number of aliphatic hydroxyl groups is 2. The van der Waals surface area contributed by atoms with Crippen LogP contribution < -0.4 is 0 Å². The third-order valence-corrected chi connectivity index (χ3v) is 4.78. The van der Waals surface area contributed by atoms with Gasteiger partial charge in [-0.3, -0.25) is 0 Å². The predicted octanol–water partition coefficient (Wildman–Crippen LogP) is 1.61. The van der Waals surface area contributed by atoms with Crippen molar-refractivity contribution in [1.29, 1.82) is 0 Å². The summed E-state index contributed by atoms with van der Waals surface area (Å²) < 4.78 is 5.06. The number of alkyl halides is 1. The van der Waals surface area contributed by atoms with Gasteiger partial charge in [0.15, 0.2) is 6.29 Å². The van der Waals surface area contributed by atoms with Crippen molar-refractivity contribution in [2.75, 3.05) is 6.61 Å². The van der Waals surface area contributed by atoms with Crippen molar-refractivity contribution in [2.24, 2.45) is 0 Å². The van der Waals surface area contributed by atoms with Crippen LogP contribution in [0.3, 0.4) is 0 Å². The largest absolute Gasteiger partial charge is 0.386 e. The fourth-order valence-electron chi connectivity index (χ4n) is 1.68. The fraction of sp³-hybridized carbons (Fsp3) is 0.500. The summed E-state index contributed by atoms with van der Waals surface area (Å²) in [5.74, 6) is 0.820. The molecular weight excluding hydrogens is 260 g/mol. The highest BCUT2D eigenvalue weighted by Crippen LogP contribution is 2.30. The number of rotatable bonds is 3. The third kappa shape index (κ3) is 3.36. The van der Waals surface area contributed by atoms with E-state index in [-0.39, 0.29) is 5.25 Å². The van der Waals surface area contributed by atoms with E-state index in [1.54, 1.807) is 11.8 Å². The van der Waals surface area contributed by atoms with Gasteiger partial charge in [-0.25, -0.2) is 0 Å². The first-order valence-corrected chi connectivity index (χ1v) is 6.94. The van der Waals surface area contributed by atoms with Crippen LogP contribution in [0.25, 0.3) is 0 Å². The van der Waals surface area contributed by atoms with E-state index in [1.165, 1.54) is 5.56 Å². The summed E-state index contributed by atoms with van der Waals surface area (Å²) in [5, 5.41) is 18.4. The average molecular weight is 275 g/mol. The summed E-state index contributed by atoms with van der Waals surface area (Å²) in [6.45, 7) is 0.365. The van der Waals surface area contributed by atoms with E-state index in [4.69, 9.17) is 16.3 Å². The molecule has 94 valence electrons. The van der Waals surface area contributed by atoms with Crippen LogP contribution in [0, 0.1) is 0 Å². The van der Waals surface area contributed by atoms with Crippen molar-refractivity contribution in [2.45, 2.75) is 28.8 Å². The Morgan fingerprint density at radius 3 is 2.71 bits per heavy atom. The monoisotopic (exact) mass is 274 g/mol. The standard InChI is InChI=1S/C12H15ClO3S/c13-10-9(6-16-12(15)11(10)14)17-7-8-4-2-1-3-5-8/h1-5,9-12,14-15H,6-7H2/t9-,10+,11-,12+/m1/s1. The molecule has 4 atom stereocenters. The number of ether oxygens (including phenoxy) is 1. The van der Waals surface area contributed by atoms with Crippen LogP contribution in [0.15, 0.2) is 30.3 Å². The maximum atomic E-state index is 9.59. The quantitative estimate of drug-likeness (QED) is 0.822. The van der Waals surface area contributed by atoms with Gasteiger partial charge < -0.3 is 14.9 Å². The van der Waals surface area contributed by atoms with Crippen LogP contribution in [-0.4, -0.2) is 39.8 Å². The van der Waals surface area contributed by atoms with E-state index in [0.717, 1.165) is 5.75 Å². The molecule has 1 aromatic carbocycles. The number of hydrogen-bond acceptors (Lipinski definition) is 4. The van der Waals surface area contributed by atoms with Crippen LogP contribution in [0.1, 0.15) is 5.56 Å². The van der Waals surface area contributed by atoms with E-state index >= 15 is 0 Å². The zero-order valence-electron chi connectivity index (χ0n) is 9.20. The van der Waals surface area contributed by atoms with Crippen molar-refractivity contribution in [1.82, 2.24) is 0 Å². The Kier molecular flexibility index (Phi) is 4.70. The Morgan fingerprint density at radius 1 is 1.29 bits per heavy atom. The summed E-state index contributed by atoms with van der Waals surface area (Å²) in [7, 11) is 0. The molecule has 0 aliphatic carbocycles. The molecule has 1 saturated heterocycles. The minimum absolute atomic E-state index is 0.00438. The number of halogens is 1. The maximum absolute atomic E-state index is 9.59. The Morgan fingerprint density at radius 2 is 2.00 bits per heavy atom. The lowest BCUT2D eigenvalue weighted by Crippen LogP contribution is -2.48. The molecule has 0 aromatic heterocycles. The van der Waals surface area contributed by atoms with E-state index in [2.05, 4.69) is 0 Å². The van der Waals surface area contributed by atoms with Crippen LogP contribution in [0.2, 0.25) is 0 Å². The number of thioether (sulfide) groups is 1. The van der Waals surface area contributed by atoms with E-state index < -0.39 is 17.8 Å². The molecular formula is C12H15ClO3S. The third-order valence-electron chi connectivity index (χ3n) is 2.71. The van der Waals surface area contributed by atoms with Crippen LogP contribution in [0.5, 0.6) is 0 Å². The van der Waals surface area contributed by atoms with Crippen LogP contribution in [0.4, 0.5) is 0 Å². The molecule has 0 saturated carbocycles. The van der Waals surface area contributed by atoms with Gasteiger partial charge in [0.25, 0.3) is 0 Å². The van der Waals surface area contributed by atoms with Crippen LogP contribution >= 0.6 is 23.4 Å². The lowest BCUT2D eigenvalue weighted by atomic mass is 10.1. The molecule has 5 heteroatoms. The summed E-state index contributed by atoms with van der Waals surface area (Å²) in [6, 6.07) is 10.0. The van der Waals surface area contributed by atoms with Gasteiger partial charge >= 0.3 is 0 Å². The SMILES string of the molecule is O[C@@H]1[C@@H](Cl)[C@H](SCc2ccccc2)CO[C@@H]1O. The zero-order valence-corrected chi connectivity index (χ0v) is 10.8. The minimum atomic E-state index is -1.16. The summed E-state index contributed by atoms with van der Waals surface area (Å²) in [6.07, 6.45) is -2.18. The molecule has 1 aromatic rings. The first-order valence-electron chi connectivity index (χ1n) is 5.46. The molecule has 0 unspecified atom stereocenters. The molecule has 0 bridgehead atoms. The fourth-order valence-corrected chi connectivity index (χ4v) is 3.21. The summed E-state index contributed by atoms with van der Waals surface area (Å²) in [5.41, 5.74) is 1.21. The first kappa shape index (κ1) is 13.2. The van der Waals surface area contributed by atoms with Crippen molar-refractivity contribution >= 4 is 23.4 Å². The lowest BCUT2D eigenvalue weighted by Gasteiger charge is -2.34. The molecule has 2 rings (SSSR count). The average Bonchev–Trinajstić information content (AvgIpc) is 2.36. The summed E-state index contributed by atoms with van der Waals surface area (Å²) in [4.78, 5) is 0. The molecule has 1 aliphatic heterocycles. The molecule has 0 amide bonds. The second-order valence-corrected chi connectivity index (χ2v) is 5.73. The highest BCUT2D eigenvalue weighted by atomic mass is 35.5. The number of benzene rings is 1. The van der Waals surface area contributed by atoms with Crippen molar-refractivity contribution in [3.8, 4) is 0 Å². The first-order chi connectivity index (χ1) is 8.18. The molecule has 3 nitrogen and oxygen atoms in total. The van der Waals surface area contributed by atoms with Crippen LogP contribution in [-0.2, 0) is 10.5 Å². The highest BCUT2D eigenvalue weighted by molar-refractivity contribution is 7.99. The normalized spacial score (nSPS) is 33.6. The molecule has 1 fully saturated rings. The van der Waals surface area contributed by atoms with Crippen molar-refractivity contribution < 1.29 is 14.9 Å². The van der Waals surface area contributed by atoms with Gasteiger partial charge in [-0.2, -0.15) is 0 Å². The highest BCUT2D eigenvalue weighted by Gasteiger charge is 2.37. The smallest absolute Gasteiger partial charge is 0.182 e. The zero-order chi connectivity index (χ0) is 12.3. The Labute approximate surface area is 110 Å². The van der Waals surface area contributed by atoms with E-state index in [0.29, 0.717) is 6.61 Å². The van der Waals surface area contributed by atoms with Gasteiger partial charge in [-0.15, -0.1) is 23.4 Å². The van der Waals surface area contributed by atoms with E-state index in [9.17, 15) is 10.2 Å². The molecule has 1 heterocycles. The lowest BCUT2D eigenvalue weighted by molar-refractivity contribution is -0.181. The second kappa shape index (κ2) is 6.07. The maximum Gasteiger partial charge on any atom is 0.182 e. The Hall–Kier alpha value is -0.260.